The second-order valence-corrected chi connectivity index (χ2v) is 12.8. The molecule has 0 bridgehead atoms. The Hall–Kier alpha value is -7.59. The van der Waals surface area contributed by atoms with E-state index in [1.54, 1.807) is 97.1 Å². The van der Waals surface area contributed by atoms with Crippen molar-refractivity contribution < 1.29 is 33.3 Å². The van der Waals surface area contributed by atoms with E-state index in [1.807, 2.05) is 66.7 Å². The Balaban J connectivity index is 1.11. The van der Waals surface area contributed by atoms with Gasteiger partial charge in [0.05, 0.1) is 29.6 Å². The van der Waals surface area contributed by atoms with Crippen LogP contribution in [0.1, 0.15) is 47.8 Å². The van der Waals surface area contributed by atoms with E-state index >= 15 is 0 Å². The van der Waals surface area contributed by atoms with Crippen molar-refractivity contribution in [3.05, 3.63) is 197 Å². The molecule has 0 radical (unpaired) electrons. The minimum atomic E-state index is -0.556. The summed E-state index contributed by atoms with van der Waals surface area (Å²) in [4.78, 5) is 39.2. The Morgan fingerprint density at radius 1 is 0.544 bits per heavy atom. The average Bonchev–Trinajstić information content (AvgIpc) is 3.27. The van der Waals surface area contributed by atoms with Crippen LogP contribution in [-0.2, 0) is 29.3 Å². The fourth-order valence-electron chi connectivity index (χ4n) is 5.92. The Labute approximate surface area is 329 Å². The third kappa shape index (κ3) is 9.75. The molecule has 1 amide bonds. The Morgan fingerprint density at radius 3 is 1.77 bits per heavy atom. The maximum absolute atomic E-state index is 13.5. The van der Waals surface area contributed by atoms with E-state index in [0.29, 0.717) is 75.2 Å². The number of nitrogens with zero attached hydrogens (tertiary/aromatic N) is 2. The summed E-state index contributed by atoms with van der Waals surface area (Å²) in [5, 5.41) is 12.1. The van der Waals surface area contributed by atoms with Gasteiger partial charge in [-0.05, 0) is 83.9 Å². The molecule has 1 heterocycles. The monoisotopic (exact) mass is 755 g/mol. The van der Waals surface area contributed by atoms with Gasteiger partial charge in [-0.3, -0.25) is 4.79 Å². The van der Waals surface area contributed by atoms with Crippen molar-refractivity contribution in [2.75, 3.05) is 12.4 Å². The van der Waals surface area contributed by atoms with E-state index in [1.165, 1.54) is 7.11 Å². The average molecular weight is 756 g/mol. The highest BCUT2D eigenvalue weighted by molar-refractivity contribution is 6.06. The van der Waals surface area contributed by atoms with Crippen LogP contribution in [0.5, 0.6) is 11.5 Å². The molecule has 1 aromatic heterocycles. The number of aromatic nitrogens is 2. The number of nitrogens with one attached hydrogen (secondary N) is 1. The zero-order valence-corrected chi connectivity index (χ0v) is 31.0. The van der Waals surface area contributed by atoms with Gasteiger partial charge in [-0.15, -0.1) is 10.2 Å². The lowest BCUT2D eigenvalue weighted by molar-refractivity contribution is 0.0472. The number of rotatable bonds is 14. The van der Waals surface area contributed by atoms with Crippen molar-refractivity contribution in [3.8, 4) is 34.0 Å². The van der Waals surface area contributed by atoms with Gasteiger partial charge in [-0.25, -0.2) is 9.59 Å². The summed E-state index contributed by atoms with van der Waals surface area (Å²) < 4.78 is 22.5. The summed E-state index contributed by atoms with van der Waals surface area (Å²) in [5.41, 5.74) is 6.14. The molecule has 0 spiro atoms. The SMILES string of the molecule is COC(=O)c1cccc(-c2cc(COC(=O)c3ccc(OCc4ccccc4)cc3)c(-c3ccccc3NC(=O)c3ccc(OCc4ccccc4)cc3)nn2)c1. The highest BCUT2D eigenvalue weighted by Gasteiger charge is 2.19. The van der Waals surface area contributed by atoms with Crippen LogP contribution in [0.4, 0.5) is 5.69 Å². The first-order chi connectivity index (χ1) is 27.9. The summed E-state index contributed by atoms with van der Waals surface area (Å²) >= 11 is 0. The molecule has 0 aliphatic carbocycles. The first-order valence-electron chi connectivity index (χ1n) is 18.1. The number of anilines is 1. The summed E-state index contributed by atoms with van der Waals surface area (Å²) in [6.45, 7) is 0.627. The molecule has 1 N–H and O–H groups in total. The number of methoxy groups -OCH3 is 1. The van der Waals surface area contributed by atoms with E-state index in [0.717, 1.165) is 11.1 Å². The van der Waals surface area contributed by atoms with Gasteiger partial charge >= 0.3 is 11.9 Å². The van der Waals surface area contributed by atoms with E-state index in [4.69, 9.17) is 18.9 Å². The van der Waals surface area contributed by atoms with Crippen molar-refractivity contribution in [2.24, 2.45) is 0 Å². The van der Waals surface area contributed by atoms with Gasteiger partial charge in [0.25, 0.3) is 5.91 Å². The zero-order valence-electron chi connectivity index (χ0n) is 31.0. The fraction of sp³-hybridized carbons (Fsp3) is 0.0851. The van der Waals surface area contributed by atoms with Gasteiger partial charge in [0.1, 0.15) is 37.0 Å². The maximum atomic E-state index is 13.5. The molecule has 0 atom stereocenters. The van der Waals surface area contributed by atoms with Crippen LogP contribution < -0.4 is 14.8 Å². The molecule has 10 heteroatoms. The van der Waals surface area contributed by atoms with Crippen LogP contribution in [0.2, 0.25) is 0 Å². The summed E-state index contributed by atoms with van der Waals surface area (Å²) in [5.74, 6) is -0.147. The molecule has 7 rings (SSSR count). The van der Waals surface area contributed by atoms with Crippen molar-refractivity contribution in [1.29, 1.82) is 0 Å². The van der Waals surface area contributed by atoms with E-state index in [2.05, 4.69) is 15.5 Å². The number of carbonyl (C=O) groups is 3. The molecule has 0 saturated heterocycles. The summed E-state index contributed by atoms with van der Waals surface area (Å²) in [6, 6.07) is 49.0. The van der Waals surface area contributed by atoms with E-state index in [9.17, 15) is 14.4 Å². The van der Waals surface area contributed by atoms with Crippen LogP contribution in [0.25, 0.3) is 22.5 Å². The molecule has 0 unspecified atom stereocenters. The first kappa shape index (κ1) is 37.7. The number of hydrogen-bond donors (Lipinski definition) is 1. The molecule has 6 aromatic carbocycles. The number of benzene rings is 6. The van der Waals surface area contributed by atoms with Crippen LogP contribution >= 0.6 is 0 Å². The van der Waals surface area contributed by atoms with Crippen LogP contribution in [0.15, 0.2) is 164 Å². The fourth-order valence-corrected chi connectivity index (χ4v) is 5.92. The van der Waals surface area contributed by atoms with Crippen molar-refractivity contribution in [3.63, 3.8) is 0 Å². The normalized spacial score (nSPS) is 10.6. The number of carbonyl (C=O) groups excluding carboxylic acids is 3. The van der Waals surface area contributed by atoms with Gasteiger partial charge < -0.3 is 24.3 Å². The van der Waals surface area contributed by atoms with Crippen molar-refractivity contribution in [1.82, 2.24) is 10.2 Å². The van der Waals surface area contributed by atoms with E-state index in [-0.39, 0.29) is 12.5 Å². The van der Waals surface area contributed by atoms with Crippen molar-refractivity contribution >= 4 is 23.5 Å². The molecule has 0 saturated carbocycles. The molecule has 7 aromatic rings. The molecule has 0 aliphatic heterocycles. The highest BCUT2D eigenvalue weighted by Crippen LogP contribution is 2.32. The van der Waals surface area contributed by atoms with E-state index < -0.39 is 11.9 Å². The predicted molar refractivity (Wildman–Crippen MR) is 216 cm³/mol. The maximum Gasteiger partial charge on any atom is 0.338 e. The van der Waals surface area contributed by atoms with Crippen LogP contribution in [-0.4, -0.2) is 35.2 Å². The first-order valence-corrected chi connectivity index (χ1v) is 18.1. The minimum absolute atomic E-state index is 0.174. The van der Waals surface area contributed by atoms with Crippen LogP contribution in [0, 0.1) is 0 Å². The minimum Gasteiger partial charge on any atom is -0.489 e. The van der Waals surface area contributed by atoms with Gasteiger partial charge in [0, 0.05) is 22.3 Å². The van der Waals surface area contributed by atoms with Crippen molar-refractivity contribution in [2.45, 2.75) is 19.8 Å². The Kier molecular flexibility index (Phi) is 12.0. The Bertz CT molecular complexity index is 2470. The van der Waals surface area contributed by atoms with Gasteiger partial charge in [-0.1, -0.05) is 91.0 Å². The number of para-hydroxylation sites is 1. The molecule has 57 heavy (non-hydrogen) atoms. The molecular weight excluding hydrogens is 719 g/mol. The van der Waals surface area contributed by atoms with Gasteiger partial charge in [0.2, 0.25) is 0 Å². The lowest BCUT2D eigenvalue weighted by Gasteiger charge is -2.15. The topological polar surface area (TPSA) is 126 Å². The summed E-state index contributed by atoms with van der Waals surface area (Å²) in [6.07, 6.45) is 0. The molecule has 0 aliphatic rings. The highest BCUT2D eigenvalue weighted by atomic mass is 16.5. The number of amides is 1. The van der Waals surface area contributed by atoms with Gasteiger partial charge in [-0.2, -0.15) is 0 Å². The number of esters is 2. The zero-order chi connectivity index (χ0) is 39.4. The lowest BCUT2D eigenvalue weighted by atomic mass is 10.0. The van der Waals surface area contributed by atoms with Crippen LogP contribution in [0.3, 0.4) is 0 Å². The molecule has 10 nitrogen and oxygen atoms in total. The predicted octanol–water partition coefficient (Wildman–Crippen LogP) is 9.36. The quantitative estimate of drug-likeness (QED) is 0.108. The second kappa shape index (κ2) is 18.2. The number of hydrogen-bond acceptors (Lipinski definition) is 9. The standard InChI is InChI=1S/C47H37N3O7/c1-54-46(52)37-16-10-15-36(27-37)43-28-38(31-57-47(53)35-21-25-40(26-22-35)56-30-33-13-6-3-7-14-33)44(50-49-43)41-17-8-9-18-42(41)48-45(51)34-19-23-39(24-20-34)55-29-32-11-4-2-5-12-32/h2-28H,29-31H2,1H3,(H,48,51). The molecule has 282 valence electrons. The molecule has 0 fully saturated rings. The smallest absolute Gasteiger partial charge is 0.338 e. The third-order valence-corrected chi connectivity index (χ3v) is 8.94. The number of ether oxygens (including phenoxy) is 4. The second-order valence-electron chi connectivity index (χ2n) is 12.8. The molecular formula is C47H37N3O7. The Morgan fingerprint density at radius 2 is 1.14 bits per heavy atom. The van der Waals surface area contributed by atoms with Gasteiger partial charge in [0.15, 0.2) is 0 Å². The lowest BCUT2D eigenvalue weighted by Crippen LogP contribution is -2.13. The summed E-state index contributed by atoms with van der Waals surface area (Å²) in [7, 11) is 1.31. The largest absolute Gasteiger partial charge is 0.489 e. The third-order valence-electron chi connectivity index (χ3n) is 8.94.